The summed E-state index contributed by atoms with van der Waals surface area (Å²) in [6.07, 6.45) is 12.0. The van der Waals surface area contributed by atoms with E-state index in [0.717, 1.165) is 38.9 Å². The molecule has 2 saturated carbocycles. The molecule has 2 aliphatic carbocycles. The first-order valence-corrected chi connectivity index (χ1v) is 22.0. The molecule has 2 aliphatic rings. The first-order chi connectivity index (χ1) is 16.8. The molecule has 0 aromatic heterocycles. The number of hydrogen-bond donors (Lipinski definition) is 0. The Morgan fingerprint density at radius 3 is 1.17 bits per heavy atom. The lowest BCUT2D eigenvalue weighted by Gasteiger charge is -2.34. The Balaban J connectivity index is 2.33. The van der Waals surface area contributed by atoms with Crippen molar-refractivity contribution >= 4 is 28.1 Å². The highest BCUT2D eigenvalue weighted by Crippen LogP contribution is 2.33. The van der Waals surface area contributed by atoms with Gasteiger partial charge in [-0.15, -0.1) is 0 Å². The Morgan fingerprint density at radius 1 is 0.583 bits per heavy atom. The molecule has 4 atom stereocenters. The van der Waals surface area contributed by atoms with Gasteiger partial charge < -0.3 is 8.85 Å². The van der Waals surface area contributed by atoms with Gasteiger partial charge in [0.2, 0.25) is 0 Å². The molecule has 0 aliphatic heterocycles. The summed E-state index contributed by atoms with van der Waals surface area (Å²) in [4.78, 5) is 11.2. The highest BCUT2D eigenvalue weighted by atomic mass is 28.4. The summed E-state index contributed by atoms with van der Waals surface area (Å²) in [5.41, 5.74) is 2.58. The quantitative estimate of drug-likeness (QED) is 0.134. The molecule has 2 rings (SSSR count). The second kappa shape index (κ2) is 14.7. The molecule has 36 heavy (non-hydrogen) atoms. The first kappa shape index (κ1) is 31.9. The lowest BCUT2D eigenvalue weighted by atomic mass is 9.78. The maximum atomic E-state index is 6.24. The van der Waals surface area contributed by atoms with Gasteiger partial charge in [-0.1, -0.05) is 40.5 Å². The van der Waals surface area contributed by atoms with Gasteiger partial charge in [0.1, 0.15) is 0 Å². The summed E-state index contributed by atoms with van der Waals surface area (Å²) in [5, 5.41) is 0. The SMILES string of the molecule is CC1CCCC(C)C1N=C(CCCO[Si](C)(C)C)C(CCCO[Si](C)(C)C)=NC1C(C)CCCC1C. The zero-order valence-electron chi connectivity index (χ0n) is 25.7. The molecule has 2 fully saturated rings. The van der Waals surface area contributed by atoms with E-state index in [1.165, 1.54) is 49.9 Å². The van der Waals surface area contributed by atoms with Crippen LogP contribution in [-0.4, -0.2) is 53.4 Å². The summed E-state index contributed by atoms with van der Waals surface area (Å²) in [6, 6.07) is 0.854. The summed E-state index contributed by atoms with van der Waals surface area (Å²) >= 11 is 0. The van der Waals surface area contributed by atoms with Gasteiger partial charge in [0.05, 0.1) is 23.5 Å². The van der Waals surface area contributed by atoms with Gasteiger partial charge in [-0.25, -0.2) is 0 Å². The molecule has 210 valence electrons. The smallest absolute Gasteiger partial charge is 0.183 e. The van der Waals surface area contributed by atoms with E-state index >= 15 is 0 Å². The summed E-state index contributed by atoms with van der Waals surface area (Å²) < 4.78 is 12.5. The zero-order valence-corrected chi connectivity index (χ0v) is 27.7. The lowest BCUT2D eigenvalue weighted by Crippen LogP contribution is -2.34. The van der Waals surface area contributed by atoms with E-state index in [4.69, 9.17) is 18.8 Å². The molecule has 0 aromatic carbocycles. The van der Waals surface area contributed by atoms with Crippen molar-refractivity contribution in [3.05, 3.63) is 0 Å². The fourth-order valence-electron chi connectivity index (χ4n) is 6.00. The number of rotatable bonds is 13. The third-order valence-electron chi connectivity index (χ3n) is 8.10. The summed E-state index contributed by atoms with van der Waals surface area (Å²) in [7, 11) is -3.00. The van der Waals surface area contributed by atoms with Crippen molar-refractivity contribution < 1.29 is 8.85 Å². The van der Waals surface area contributed by atoms with Gasteiger partial charge >= 0.3 is 0 Å². The van der Waals surface area contributed by atoms with Crippen LogP contribution in [0.2, 0.25) is 39.3 Å². The number of hydrogen-bond acceptors (Lipinski definition) is 4. The minimum absolute atomic E-state index is 0.427. The topological polar surface area (TPSA) is 43.2 Å². The first-order valence-electron chi connectivity index (χ1n) is 15.2. The van der Waals surface area contributed by atoms with Crippen LogP contribution in [0.15, 0.2) is 9.98 Å². The van der Waals surface area contributed by atoms with E-state index in [1.54, 1.807) is 0 Å². The average molecular weight is 537 g/mol. The molecule has 0 spiro atoms. The van der Waals surface area contributed by atoms with Crippen LogP contribution in [-0.2, 0) is 8.85 Å². The molecular formula is C30H60N2O2Si2. The zero-order chi connectivity index (χ0) is 26.9. The number of aliphatic imine (C=N–C) groups is 2. The minimum atomic E-state index is -1.50. The third kappa shape index (κ3) is 11.6. The maximum Gasteiger partial charge on any atom is 0.183 e. The van der Waals surface area contributed by atoms with Crippen LogP contribution in [0.4, 0.5) is 0 Å². The van der Waals surface area contributed by atoms with Crippen molar-refractivity contribution in [2.45, 2.75) is 143 Å². The predicted octanol–water partition coefficient (Wildman–Crippen LogP) is 8.78. The van der Waals surface area contributed by atoms with Crippen molar-refractivity contribution in [3.63, 3.8) is 0 Å². The fraction of sp³-hybridized carbons (Fsp3) is 0.933. The minimum Gasteiger partial charge on any atom is -0.418 e. The summed E-state index contributed by atoms with van der Waals surface area (Å²) in [5.74, 6) is 2.63. The van der Waals surface area contributed by atoms with Crippen molar-refractivity contribution in [2.24, 2.45) is 33.7 Å². The van der Waals surface area contributed by atoms with Crippen molar-refractivity contribution in [3.8, 4) is 0 Å². The van der Waals surface area contributed by atoms with Gasteiger partial charge in [-0.05, 0) is 114 Å². The second-order valence-electron chi connectivity index (χ2n) is 14.0. The highest BCUT2D eigenvalue weighted by Gasteiger charge is 2.30. The molecule has 0 radical (unpaired) electrons. The molecule has 0 heterocycles. The van der Waals surface area contributed by atoms with E-state index in [9.17, 15) is 0 Å². The molecule has 6 heteroatoms. The normalized spacial score (nSPS) is 31.1. The molecule has 0 bridgehead atoms. The van der Waals surface area contributed by atoms with Gasteiger partial charge in [0, 0.05) is 13.2 Å². The number of nitrogens with zero attached hydrogens (tertiary/aromatic N) is 2. The van der Waals surface area contributed by atoms with Crippen LogP contribution >= 0.6 is 0 Å². The predicted molar refractivity (Wildman–Crippen MR) is 164 cm³/mol. The van der Waals surface area contributed by atoms with E-state index in [-0.39, 0.29) is 0 Å². The Kier molecular flexibility index (Phi) is 13.1. The van der Waals surface area contributed by atoms with Crippen LogP contribution in [0.1, 0.15) is 91.9 Å². The van der Waals surface area contributed by atoms with E-state index in [2.05, 4.69) is 67.0 Å². The van der Waals surface area contributed by atoms with Crippen LogP contribution < -0.4 is 0 Å². The van der Waals surface area contributed by atoms with Gasteiger partial charge in [0.25, 0.3) is 0 Å². The van der Waals surface area contributed by atoms with Gasteiger partial charge in [-0.3, -0.25) is 9.98 Å². The molecule has 4 nitrogen and oxygen atoms in total. The maximum absolute atomic E-state index is 6.24. The Bertz CT molecular complexity index is 631. The molecular weight excluding hydrogens is 477 g/mol. The van der Waals surface area contributed by atoms with Gasteiger partial charge in [-0.2, -0.15) is 0 Å². The monoisotopic (exact) mass is 536 g/mol. The average Bonchev–Trinajstić information content (AvgIpc) is 2.75. The van der Waals surface area contributed by atoms with E-state index in [0.29, 0.717) is 35.8 Å². The Labute approximate surface area is 226 Å². The van der Waals surface area contributed by atoms with Crippen molar-refractivity contribution in [1.82, 2.24) is 0 Å². The molecule has 0 saturated heterocycles. The molecule has 0 aromatic rings. The van der Waals surface area contributed by atoms with Crippen LogP contribution in [0.3, 0.4) is 0 Å². The Morgan fingerprint density at radius 2 is 0.889 bits per heavy atom. The van der Waals surface area contributed by atoms with Crippen LogP contribution in [0.5, 0.6) is 0 Å². The highest BCUT2D eigenvalue weighted by molar-refractivity contribution is 6.70. The Hall–Kier alpha value is -0.306. The van der Waals surface area contributed by atoms with Gasteiger partial charge in [0.15, 0.2) is 16.6 Å². The van der Waals surface area contributed by atoms with Crippen molar-refractivity contribution in [1.29, 1.82) is 0 Å². The van der Waals surface area contributed by atoms with Crippen LogP contribution in [0, 0.1) is 23.7 Å². The molecule has 4 unspecified atom stereocenters. The van der Waals surface area contributed by atoms with E-state index in [1.807, 2.05) is 0 Å². The lowest BCUT2D eigenvalue weighted by molar-refractivity contribution is 0.251. The molecule has 0 N–H and O–H groups in total. The largest absolute Gasteiger partial charge is 0.418 e. The summed E-state index contributed by atoms with van der Waals surface area (Å²) in [6.45, 7) is 25.0. The van der Waals surface area contributed by atoms with E-state index < -0.39 is 16.6 Å². The second-order valence-corrected chi connectivity index (χ2v) is 23.1. The standard InChI is InChI=1S/C30H60N2O2Si2/c1-23-15-11-16-24(2)29(23)31-27(19-13-21-33-35(5,6)7)28(20-14-22-34-36(8,9)10)32-30-25(3)17-12-18-26(30)4/h23-26,29-30H,11-22H2,1-10H3. The fourth-order valence-corrected chi connectivity index (χ4v) is 7.51. The molecule has 0 amide bonds. The third-order valence-corrected chi connectivity index (χ3v) is 10.2. The van der Waals surface area contributed by atoms with Crippen molar-refractivity contribution in [2.75, 3.05) is 13.2 Å². The van der Waals surface area contributed by atoms with Crippen LogP contribution in [0.25, 0.3) is 0 Å².